The minimum Gasteiger partial charge on any atom is -0.462 e. The van der Waals surface area contributed by atoms with Crippen LogP contribution in [-0.2, 0) is 28.6 Å². The highest BCUT2D eigenvalue weighted by Crippen LogP contribution is 2.18. The van der Waals surface area contributed by atoms with Crippen LogP contribution in [0.2, 0.25) is 0 Å². The molecule has 0 rings (SSSR count). The van der Waals surface area contributed by atoms with Crippen LogP contribution in [-0.4, -0.2) is 37.2 Å². The van der Waals surface area contributed by atoms with Crippen molar-refractivity contribution in [2.24, 2.45) is 0 Å². The molecule has 0 saturated heterocycles. The molecule has 0 aromatic rings. The van der Waals surface area contributed by atoms with Crippen LogP contribution in [0.1, 0.15) is 361 Å². The van der Waals surface area contributed by atoms with Crippen LogP contribution in [0.15, 0.2) is 85.1 Å². The fourth-order valence-electron chi connectivity index (χ4n) is 10.3. The van der Waals surface area contributed by atoms with Crippen LogP contribution in [0, 0.1) is 0 Å². The summed E-state index contributed by atoms with van der Waals surface area (Å²) >= 11 is 0. The maximum Gasteiger partial charge on any atom is 0.306 e. The summed E-state index contributed by atoms with van der Waals surface area (Å²) in [4.78, 5) is 38.5. The van der Waals surface area contributed by atoms with Crippen LogP contribution in [0.5, 0.6) is 0 Å². The molecule has 0 aliphatic rings. The van der Waals surface area contributed by atoms with Gasteiger partial charge in [-0.05, 0) is 96.3 Å². The summed E-state index contributed by atoms with van der Waals surface area (Å²) in [7, 11) is 0. The summed E-state index contributed by atoms with van der Waals surface area (Å²) in [5.74, 6) is -0.870. The van der Waals surface area contributed by atoms with Crippen LogP contribution in [0.3, 0.4) is 0 Å². The Kier molecular flexibility index (Phi) is 67.2. The van der Waals surface area contributed by atoms with Gasteiger partial charge in [0.25, 0.3) is 0 Å². The van der Waals surface area contributed by atoms with Crippen molar-refractivity contribution in [2.75, 3.05) is 13.2 Å². The summed E-state index contributed by atoms with van der Waals surface area (Å²) < 4.78 is 17.0. The van der Waals surface area contributed by atoms with Gasteiger partial charge in [0, 0.05) is 19.3 Å². The maximum absolute atomic E-state index is 13.0. The van der Waals surface area contributed by atoms with E-state index < -0.39 is 6.10 Å². The van der Waals surface area contributed by atoms with Crippen molar-refractivity contribution in [2.45, 2.75) is 367 Å². The number of hydrogen-bond donors (Lipinski definition) is 0. The lowest BCUT2D eigenvalue weighted by atomic mass is 10.0. The summed E-state index contributed by atoms with van der Waals surface area (Å²) in [5.41, 5.74) is 0. The summed E-state index contributed by atoms with van der Waals surface area (Å²) in [6.45, 7) is 6.56. The highest BCUT2D eigenvalue weighted by Gasteiger charge is 2.19. The van der Waals surface area contributed by atoms with Crippen molar-refractivity contribution in [3.8, 4) is 0 Å². The number of carbonyl (C=O) groups excluding carboxylic acids is 3. The molecule has 0 aromatic carbocycles. The molecule has 0 fully saturated rings. The highest BCUT2D eigenvalue weighted by molar-refractivity contribution is 5.71. The molecule has 0 saturated carbocycles. The molecular weight excluding hydrogens is 1010 g/mol. The minimum atomic E-state index is -0.783. The van der Waals surface area contributed by atoms with E-state index in [0.29, 0.717) is 19.3 Å². The van der Waals surface area contributed by atoms with E-state index in [1.165, 1.54) is 212 Å². The van der Waals surface area contributed by atoms with Crippen molar-refractivity contribution in [1.29, 1.82) is 0 Å². The van der Waals surface area contributed by atoms with Gasteiger partial charge in [0.15, 0.2) is 6.10 Å². The van der Waals surface area contributed by atoms with E-state index >= 15 is 0 Å². The predicted octanol–water partition coefficient (Wildman–Crippen LogP) is 24.6. The van der Waals surface area contributed by atoms with E-state index in [1.54, 1.807) is 0 Å². The second kappa shape index (κ2) is 70.1. The molecule has 6 nitrogen and oxygen atoms in total. The van der Waals surface area contributed by atoms with Gasteiger partial charge in [-0.2, -0.15) is 0 Å². The van der Waals surface area contributed by atoms with Crippen molar-refractivity contribution < 1.29 is 28.6 Å². The molecule has 6 heteroatoms. The number of hydrogen-bond acceptors (Lipinski definition) is 6. The van der Waals surface area contributed by atoms with Gasteiger partial charge in [0.2, 0.25) is 0 Å². The number of rotatable bonds is 65. The minimum absolute atomic E-state index is 0.0790. The maximum atomic E-state index is 13.0. The first-order valence-electron chi connectivity index (χ1n) is 35.6. The van der Waals surface area contributed by atoms with Gasteiger partial charge in [-0.25, -0.2) is 0 Å². The first-order chi connectivity index (χ1) is 40.5. The molecule has 0 N–H and O–H groups in total. The lowest BCUT2D eigenvalue weighted by molar-refractivity contribution is -0.167. The number of allylic oxidation sites excluding steroid dienone is 14. The largest absolute Gasteiger partial charge is 0.462 e. The Morgan fingerprint density at radius 2 is 0.476 bits per heavy atom. The third-order valence-electron chi connectivity index (χ3n) is 15.6. The van der Waals surface area contributed by atoms with E-state index in [0.717, 1.165) is 109 Å². The fourth-order valence-corrected chi connectivity index (χ4v) is 10.3. The zero-order valence-electron chi connectivity index (χ0n) is 54.5. The van der Waals surface area contributed by atoms with Crippen molar-refractivity contribution in [1.82, 2.24) is 0 Å². The number of ether oxygens (including phenoxy) is 3. The average Bonchev–Trinajstić information content (AvgIpc) is 3.47. The Bertz CT molecular complexity index is 1550. The Balaban J connectivity index is 4.36. The summed E-state index contributed by atoms with van der Waals surface area (Å²) in [6, 6.07) is 0. The molecular formula is C76H134O6. The first kappa shape index (κ1) is 78.6. The average molecular weight is 1140 g/mol. The normalized spacial score (nSPS) is 12.6. The number of esters is 3. The molecule has 0 aliphatic heterocycles. The van der Waals surface area contributed by atoms with Gasteiger partial charge in [0.05, 0.1) is 0 Å². The molecule has 0 aromatic heterocycles. The Labute approximate surface area is 509 Å². The fraction of sp³-hybridized carbons (Fsp3) is 0.776. The van der Waals surface area contributed by atoms with Gasteiger partial charge < -0.3 is 14.2 Å². The van der Waals surface area contributed by atoms with E-state index in [1.807, 2.05) is 0 Å². The molecule has 0 radical (unpaired) electrons. The molecule has 0 heterocycles. The third kappa shape index (κ3) is 67.4. The van der Waals surface area contributed by atoms with E-state index in [9.17, 15) is 14.4 Å². The second-order valence-corrected chi connectivity index (χ2v) is 23.8. The molecule has 474 valence electrons. The van der Waals surface area contributed by atoms with E-state index in [4.69, 9.17) is 14.2 Å². The summed E-state index contributed by atoms with van der Waals surface area (Å²) in [6.07, 6.45) is 93.1. The van der Waals surface area contributed by atoms with Gasteiger partial charge >= 0.3 is 17.9 Å². The summed E-state index contributed by atoms with van der Waals surface area (Å²) in [5, 5.41) is 0. The Morgan fingerprint density at radius 1 is 0.256 bits per heavy atom. The first-order valence-corrected chi connectivity index (χ1v) is 35.6. The van der Waals surface area contributed by atoms with Gasteiger partial charge in [-0.15, -0.1) is 0 Å². The highest BCUT2D eigenvalue weighted by atomic mass is 16.6. The number of unbranched alkanes of at least 4 members (excludes halogenated alkanes) is 40. The molecule has 1 unspecified atom stereocenters. The van der Waals surface area contributed by atoms with Crippen molar-refractivity contribution in [3.63, 3.8) is 0 Å². The molecule has 0 spiro atoms. The molecule has 0 bridgehead atoms. The lowest BCUT2D eigenvalue weighted by Crippen LogP contribution is -2.30. The lowest BCUT2D eigenvalue weighted by Gasteiger charge is -2.18. The zero-order chi connectivity index (χ0) is 59.2. The molecule has 0 amide bonds. The standard InChI is InChI=1S/C76H134O6/c1-4-7-10-13-16-19-22-25-28-31-34-36-37-38-39-41-42-45-48-51-54-57-60-63-66-69-75(78)81-72-73(71-80-74(77)68-65-62-59-56-53-50-47-44-33-30-27-24-21-18-15-12-9-6-3)82-76(79)70-67-64-61-58-55-52-49-46-43-40-35-32-29-26-23-20-17-14-11-8-5-2/h7,10,16,19,21,24-25,28,30,33-34,36,38-39,73H,4-6,8-9,11-15,17-18,20,22-23,26-27,29,31-32,35,37,40-72H2,1-3H3/b10-7-,19-16-,24-21-,28-25-,33-30-,36-34-,39-38-. The smallest absolute Gasteiger partial charge is 0.306 e. The molecule has 1 atom stereocenters. The third-order valence-corrected chi connectivity index (χ3v) is 15.6. The topological polar surface area (TPSA) is 78.9 Å². The SMILES string of the molecule is CC/C=C\C/C=C\C/C=C\C/C=C\C/C=C\CCCCCCCCCCCC(=O)OCC(COC(=O)CCCCCCCCC/C=C\C/C=C\CCCCCC)OC(=O)CCCCCCCCCCCCCCCCCCCCCCC. The Morgan fingerprint density at radius 3 is 0.756 bits per heavy atom. The van der Waals surface area contributed by atoms with Crippen molar-refractivity contribution >= 4 is 17.9 Å². The molecule has 0 aliphatic carbocycles. The quantitative estimate of drug-likeness (QED) is 0.0261. The van der Waals surface area contributed by atoms with Crippen LogP contribution >= 0.6 is 0 Å². The second-order valence-electron chi connectivity index (χ2n) is 23.8. The van der Waals surface area contributed by atoms with Gasteiger partial charge in [0.1, 0.15) is 13.2 Å². The van der Waals surface area contributed by atoms with Crippen molar-refractivity contribution in [3.05, 3.63) is 85.1 Å². The van der Waals surface area contributed by atoms with Gasteiger partial charge in [-0.1, -0.05) is 331 Å². The van der Waals surface area contributed by atoms with Crippen LogP contribution in [0.4, 0.5) is 0 Å². The number of carbonyl (C=O) groups is 3. The Hall–Kier alpha value is -3.41. The van der Waals surface area contributed by atoms with Crippen LogP contribution < -0.4 is 0 Å². The van der Waals surface area contributed by atoms with E-state index in [-0.39, 0.29) is 31.1 Å². The monoisotopic (exact) mass is 1140 g/mol. The van der Waals surface area contributed by atoms with Crippen LogP contribution in [0.25, 0.3) is 0 Å². The van der Waals surface area contributed by atoms with E-state index in [2.05, 4.69) is 106 Å². The predicted molar refractivity (Wildman–Crippen MR) is 358 cm³/mol. The van der Waals surface area contributed by atoms with Gasteiger partial charge in [-0.3, -0.25) is 14.4 Å². The molecule has 82 heavy (non-hydrogen) atoms. The zero-order valence-corrected chi connectivity index (χ0v) is 54.5.